The van der Waals surface area contributed by atoms with Crippen LogP contribution in [0.5, 0.6) is 5.75 Å². The third kappa shape index (κ3) is 6.00. The van der Waals surface area contributed by atoms with Crippen LogP contribution in [-0.2, 0) is 16.1 Å². The molecule has 1 atom stereocenters. The first-order valence-corrected chi connectivity index (χ1v) is 9.30. The van der Waals surface area contributed by atoms with Crippen molar-refractivity contribution in [2.75, 3.05) is 13.2 Å². The van der Waals surface area contributed by atoms with Crippen LogP contribution in [0.2, 0.25) is 5.02 Å². The van der Waals surface area contributed by atoms with Crippen molar-refractivity contribution in [2.45, 2.75) is 33.4 Å². The Balaban J connectivity index is 2.14. The van der Waals surface area contributed by atoms with Gasteiger partial charge in [-0.2, -0.15) is 0 Å². The number of ether oxygens (including phenoxy) is 1. The second kappa shape index (κ2) is 9.97. The number of halogens is 1. The van der Waals surface area contributed by atoms with Gasteiger partial charge in [-0.1, -0.05) is 47.5 Å². The first kappa shape index (κ1) is 20.8. The summed E-state index contributed by atoms with van der Waals surface area (Å²) in [4.78, 5) is 26.6. The van der Waals surface area contributed by atoms with E-state index in [0.717, 1.165) is 11.1 Å². The number of aryl methyl sites for hydroxylation is 1. The van der Waals surface area contributed by atoms with Crippen molar-refractivity contribution in [1.82, 2.24) is 10.2 Å². The van der Waals surface area contributed by atoms with Gasteiger partial charge < -0.3 is 15.0 Å². The zero-order valence-corrected chi connectivity index (χ0v) is 16.6. The van der Waals surface area contributed by atoms with Crippen LogP contribution in [0, 0.1) is 6.92 Å². The van der Waals surface area contributed by atoms with Crippen LogP contribution in [0.25, 0.3) is 0 Å². The Labute approximate surface area is 165 Å². The molecule has 2 rings (SSSR count). The Kier molecular flexibility index (Phi) is 7.67. The molecule has 0 aliphatic rings. The van der Waals surface area contributed by atoms with Crippen LogP contribution in [-0.4, -0.2) is 35.9 Å². The topological polar surface area (TPSA) is 58.6 Å². The SMILES string of the molecule is CCNC(=O)[C@@H](C)N(Cc1ccccc1Cl)C(=O)COc1ccc(C)cc1. The number of hydrogen-bond donors (Lipinski definition) is 1. The lowest BCUT2D eigenvalue weighted by Crippen LogP contribution is -2.49. The van der Waals surface area contributed by atoms with E-state index in [-0.39, 0.29) is 25.0 Å². The molecule has 0 aliphatic carbocycles. The molecular weight excluding hydrogens is 364 g/mol. The second-order valence-electron chi connectivity index (χ2n) is 6.29. The fourth-order valence-corrected chi connectivity index (χ4v) is 2.77. The summed E-state index contributed by atoms with van der Waals surface area (Å²) in [5.41, 5.74) is 1.89. The molecule has 0 bridgehead atoms. The fraction of sp³-hybridized carbons (Fsp3) is 0.333. The average molecular weight is 389 g/mol. The summed E-state index contributed by atoms with van der Waals surface area (Å²) < 4.78 is 5.61. The number of carbonyl (C=O) groups is 2. The van der Waals surface area contributed by atoms with Crippen molar-refractivity contribution >= 4 is 23.4 Å². The molecule has 2 aromatic carbocycles. The van der Waals surface area contributed by atoms with Gasteiger partial charge in [0.15, 0.2) is 6.61 Å². The van der Waals surface area contributed by atoms with E-state index in [9.17, 15) is 9.59 Å². The van der Waals surface area contributed by atoms with Gasteiger partial charge >= 0.3 is 0 Å². The van der Waals surface area contributed by atoms with Crippen LogP contribution in [0.1, 0.15) is 25.0 Å². The lowest BCUT2D eigenvalue weighted by Gasteiger charge is -2.29. The van der Waals surface area contributed by atoms with Crippen LogP contribution in [0.15, 0.2) is 48.5 Å². The maximum atomic E-state index is 12.8. The maximum absolute atomic E-state index is 12.8. The van der Waals surface area contributed by atoms with Crippen LogP contribution in [0.4, 0.5) is 0 Å². The Hall–Kier alpha value is -2.53. The van der Waals surface area contributed by atoms with Crippen molar-refractivity contribution < 1.29 is 14.3 Å². The van der Waals surface area contributed by atoms with Crippen LogP contribution in [0.3, 0.4) is 0 Å². The van der Waals surface area contributed by atoms with Gasteiger partial charge in [-0.15, -0.1) is 0 Å². The zero-order chi connectivity index (χ0) is 19.8. The van der Waals surface area contributed by atoms with Crippen molar-refractivity contribution in [3.05, 3.63) is 64.7 Å². The quantitative estimate of drug-likeness (QED) is 0.751. The summed E-state index contributed by atoms with van der Waals surface area (Å²) >= 11 is 6.24. The van der Waals surface area contributed by atoms with Gasteiger partial charge in [-0.3, -0.25) is 9.59 Å². The van der Waals surface area contributed by atoms with Gasteiger partial charge in [0.1, 0.15) is 11.8 Å². The summed E-state index contributed by atoms with van der Waals surface area (Å²) in [6.45, 7) is 6.09. The molecule has 0 aromatic heterocycles. The predicted molar refractivity (Wildman–Crippen MR) is 107 cm³/mol. The molecule has 6 heteroatoms. The largest absolute Gasteiger partial charge is 0.484 e. The Morgan fingerprint density at radius 2 is 1.81 bits per heavy atom. The molecule has 0 spiro atoms. The molecular formula is C21H25ClN2O3. The normalized spacial score (nSPS) is 11.6. The maximum Gasteiger partial charge on any atom is 0.261 e. The molecule has 0 fully saturated rings. The highest BCUT2D eigenvalue weighted by atomic mass is 35.5. The smallest absolute Gasteiger partial charge is 0.261 e. The lowest BCUT2D eigenvalue weighted by atomic mass is 10.1. The minimum atomic E-state index is -0.643. The first-order chi connectivity index (χ1) is 12.9. The van der Waals surface area contributed by atoms with Crippen molar-refractivity contribution in [1.29, 1.82) is 0 Å². The third-order valence-corrected chi connectivity index (χ3v) is 4.57. The van der Waals surface area contributed by atoms with Gasteiger partial charge in [0.25, 0.3) is 5.91 Å². The minimum Gasteiger partial charge on any atom is -0.484 e. The summed E-state index contributed by atoms with van der Waals surface area (Å²) in [5, 5.41) is 3.31. The highest BCUT2D eigenvalue weighted by Crippen LogP contribution is 2.19. The van der Waals surface area contributed by atoms with Crippen molar-refractivity contribution in [3.63, 3.8) is 0 Å². The number of benzene rings is 2. The molecule has 2 aromatic rings. The fourth-order valence-electron chi connectivity index (χ4n) is 2.58. The Morgan fingerprint density at radius 1 is 1.15 bits per heavy atom. The summed E-state index contributed by atoms with van der Waals surface area (Å²) in [6.07, 6.45) is 0. The average Bonchev–Trinajstić information content (AvgIpc) is 2.66. The summed E-state index contributed by atoms with van der Waals surface area (Å²) in [5.74, 6) is 0.111. The van der Waals surface area contributed by atoms with Gasteiger partial charge in [0, 0.05) is 18.1 Å². The first-order valence-electron chi connectivity index (χ1n) is 8.92. The molecule has 0 radical (unpaired) electrons. The molecule has 0 saturated carbocycles. The second-order valence-corrected chi connectivity index (χ2v) is 6.69. The number of rotatable bonds is 8. The van der Waals surface area contributed by atoms with Crippen molar-refractivity contribution in [3.8, 4) is 5.75 Å². The van der Waals surface area contributed by atoms with Crippen molar-refractivity contribution in [2.24, 2.45) is 0 Å². The van der Waals surface area contributed by atoms with Crippen LogP contribution < -0.4 is 10.1 Å². The van der Waals surface area contributed by atoms with Gasteiger partial charge in [-0.25, -0.2) is 0 Å². The third-order valence-electron chi connectivity index (χ3n) is 4.20. The van der Waals surface area contributed by atoms with Gasteiger partial charge in [0.2, 0.25) is 5.91 Å². The monoisotopic (exact) mass is 388 g/mol. The van der Waals surface area contributed by atoms with Crippen LogP contribution >= 0.6 is 11.6 Å². The number of likely N-dealkylation sites (N-methyl/N-ethyl adjacent to an activating group) is 1. The highest BCUT2D eigenvalue weighted by Gasteiger charge is 2.26. The van der Waals surface area contributed by atoms with E-state index >= 15 is 0 Å². The minimum absolute atomic E-state index is 0.155. The predicted octanol–water partition coefficient (Wildman–Crippen LogP) is 3.58. The number of carbonyl (C=O) groups excluding carboxylic acids is 2. The molecule has 0 saturated heterocycles. The van der Waals surface area contributed by atoms with E-state index in [1.54, 1.807) is 13.0 Å². The Bertz CT molecular complexity index is 777. The van der Waals surface area contributed by atoms with E-state index in [1.807, 2.05) is 56.3 Å². The molecule has 1 N–H and O–H groups in total. The van der Waals surface area contributed by atoms with E-state index in [1.165, 1.54) is 4.90 Å². The molecule has 144 valence electrons. The van der Waals surface area contributed by atoms with E-state index in [4.69, 9.17) is 16.3 Å². The highest BCUT2D eigenvalue weighted by molar-refractivity contribution is 6.31. The van der Waals surface area contributed by atoms with Gasteiger partial charge in [-0.05, 0) is 44.5 Å². The van der Waals surface area contributed by atoms with E-state index in [2.05, 4.69) is 5.32 Å². The number of nitrogens with one attached hydrogen (secondary N) is 1. The molecule has 5 nitrogen and oxygen atoms in total. The van der Waals surface area contributed by atoms with E-state index < -0.39 is 6.04 Å². The van der Waals surface area contributed by atoms with E-state index in [0.29, 0.717) is 17.3 Å². The molecule has 2 amide bonds. The number of hydrogen-bond acceptors (Lipinski definition) is 3. The zero-order valence-electron chi connectivity index (χ0n) is 15.9. The lowest BCUT2D eigenvalue weighted by molar-refractivity contribution is -0.142. The number of nitrogens with zero attached hydrogens (tertiary/aromatic N) is 1. The molecule has 27 heavy (non-hydrogen) atoms. The number of amides is 2. The summed E-state index contributed by atoms with van der Waals surface area (Å²) in [7, 11) is 0. The Morgan fingerprint density at radius 3 is 2.44 bits per heavy atom. The van der Waals surface area contributed by atoms with Gasteiger partial charge in [0.05, 0.1) is 0 Å². The standard InChI is InChI=1S/C21H25ClN2O3/c1-4-23-21(26)16(3)24(13-17-7-5-6-8-19(17)22)20(25)14-27-18-11-9-15(2)10-12-18/h5-12,16H,4,13-14H2,1-3H3,(H,23,26)/t16-/m1/s1. The molecule has 0 unspecified atom stereocenters. The molecule has 0 heterocycles. The molecule has 0 aliphatic heterocycles. The summed E-state index contributed by atoms with van der Waals surface area (Å²) in [6, 6.07) is 14.1.